The van der Waals surface area contributed by atoms with Gasteiger partial charge in [-0.15, -0.1) is 0 Å². The summed E-state index contributed by atoms with van der Waals surface area (Å²) in [7, 11) is 3.82. The van der Waals surface area contributed by atoms with E-state index in [-0.39, 0.29) is 5.91 Å². The minimum Gasteiger partial charge on any atom is -0.359 e. The molecule has 0 bridgehead atoms. The molecule has 1 amide bonds. The maximum absolute atomic E-state index is 11.7. The van der Waals surface area contributed by atoms with Gasteiger partial charge in [0.25, 0.3) is 0 Å². The first kappa shape index (κ1) is 14.4. The molecule has 1 fully saturated rings. The van der Waals surface area contributed by atoms with E-state index in [0.717, 1.165) is 24.5 Å². The van der Waals surface area contributed by atoms with Crippen LogP contribution >= 0.6 is 11.6 Å². The van der Waals surface area contributed by atoms with Gasteiger partial charge in [0.05, 0.1) is 0 Å². The van der Waals surface area contributed by atoms with E-state index >= 15 is 0 Å². The zero-order chi connectivity index (χ0) is 13.8. The molecule has 1 aromatic rings. The number of nitrogens with one attached hydrogen (secondary N) is 1. The molecule has 1 aliphatic heterocycles. The highest BCUT2D eigenvalue weighted by atomic mass is 35.5. The number of carbonyl (C=O) groups is 1. The molecule has 1 aromatic carbocycles. The Hall–Kier alpha value is -1.06. The first-order valence-electron chi connectivity index (χ1n) is 6.74. The lowest BCUT2D eigenvalue weighted by molar-refractivity contribution is -0.122. The molecule has 0 spiro atoms. The van der Waals surface area contributed by atoms with Crippen molar-refractivity contribution in [1.29, 1.82) is 0 Å². The van der Waals surface area contributed by atoms with Crippen LogP contribution in [-0.2, 0) is 4.79 Å². The minimum atomic E-state index is 0.124. The zero-order valence-electron chi connectivity index (χ0n) is 11.5. The standard InChI is InChI=1S/C15H21ClN2O/c1-17-15(19)9-12-10-18(2)8-7-14(12)11-3-5-13(16)6-4-11/h3-6,12,14H,7-10H2,1-2H3,(H,17,19). The van der Waals surface area contributed by atoms with Crippen molar-refractivity contribution in [2.24, 2.45) is 5.92 Å². The molecular weight excluding hydrogens is 260 g/mol. The highest BCUT2D eigenvalue weighted by Gasteiger charge is 2.30. The smallest absolute Gasteiger partial charge is 0.220 e. The van der Waals surface area contributed by atoms with Gasteiger partial charge in [0.2, 0.25) is 5.91 Å². The average molecular weight is 281 g/mol. The van der Waals surface area contributed by atoms with Crippen LogP contribution < -0.4 is 5.32 Å². The number of carbonyl (C=O) groups excluding carboxylic acids is 1. The van der Waals surface area contributed by atoms with Gasteiger partial charge in [0.15, 0.2) is 0 Å². The van der Waals surface area contributed by atoms with Crippen LogP contribution in [-0.4, -0.2) is 38.0 Å². The molecule has 1 aliphatic rings. The van der Waals surface area contributed by atoms with Gasteiger partial charge in [0.1, 0.15) is 0 Å². The highest BCUT2D eigenvalue weighted by Crippen LogP contribution is 2.35. The number of rotatable bonds is 3. The van der Waals surface area contributed by atoms with Crippen molar-refractivity contribution in [1.82, 2.24) is 10.2 Å². The summed E-state index contributed by atoms with van der Waals surface area (Å²) in [5.74, 6) is 0.949. The number of hydrogen-bond donors (Lipinski definition) is 1. The number of likely N-dealkylation sites (tertiary alicyclic amines) is 1. The van der Waals surface area contributed by atoms with Crippen molar-refractivity contribution in [2.45, 2.75) is 18.8 Å². The fraction of sp³-hybridized carbons (Fsp3) is 0.533. The van der Waals surface area contributed by atoms with Crippen molar-refractivity contribution in [3.63, 3.8) is 0 Å². The average Bonchev–Trinajstić information content (AvgIpc) is 2.40. The van der Waals surface area contributed by atoms with Crippen molar-refractivity contribution < 1.29 is 4.79 Å². The summed E-state index contributed by atoms with van der Waals surface area (Å²) in [4.78, 5) is 14.0. The molecule has 104 valence electrons. The Morgan fingerprint density at radius 3 is 2.74 bits per heavy atom. The number of amides is 1. The molecule has 2 unspecified atom stereocenters. The topological polar surface area (TPSA) is 32.3 Å². The van der Waals surface area contributed by atoms with E-state index in [1.54, 1.807) is 7.05 Å². The molecule has 1 N–H and O–H groups in total. The normalized spacial score (nSPS) is 24.2. The Morgan fingerprint density at radius 1 is 1.42 bits per heavy atom. The Kier molecular flexibility index (Phi) is 4.83. The predicted molar refractivity (Wildman–Crippen MR) is 78.5 cm³/mol. The molecule has 1 heterocycles. The lowest BCUT2D eigenvalue weighted by Crippen LogP contribution is -2.39. The Labute approximate surface area is 119 Å². The third kappa shape index (κ3) is 3.71. The lowest BCUT2D eigenvalue weighted by Gasteiger charge is -2.36. The monoisotopic (exact) mass is 280 g/mol. The quantitative estimate of drug-likeness (QED) is 0.923. The first-order valence-corrected chi connectivity index (χ1v) is 7.12. The van der Waals surface area contributed by atoms with Gasteiger partial charge in [-0.1, -0.05) is 23.7 Å². The summed E-state index contributed by atoms with van der Waals surface area (Å²) >= 11 is 5.94. The maximum atomic E-state index is 11.7. The van der Waals surface area contributed by atoms with Crippen molar-refractivity contribution in [3.8, 4) is 0 Å². The summed E-state index contributed by atoms with van der Waals surface area (Å²) in [5.41, 5.74) is 1.30. The van der Waals surface area contributed by atoms with Gasteiger partial charge < -0.3 is 10.2 Å². The van der Waals surface area contributed by atoms with Gasteiger partial charge in [-0.2, -0.15) is 0 Å². The molecule has 0 saturated carbocycles. The first-order chi connectivity index (χ1) is 9.10. The van der Waals surface area contributed by atoms with Crippen molar-refractivity contribution in [2.75, 3.05) is 27.2 Å². The van der Waals surface area contributed by atoms with Crippen LogP contribution in [0.15, 0.2) is 24.3 Å². The van der Waals surface area contributed by atoms with Crippen LogP contribution in [0.4, 0.5) is 0 Å². The van der Waals surface area contributed by atoms with Gasteiger partial charge in [-0.05, 0) is 49.5 Å². The lowest BCUT2D eigenvalue weighted by atomic mass is 9.79. The Bertz CT molecular complexity index is 432. The number of hydrogen-bond acceptors (Lipinski definition) is 2. The maximum Gasteiger partial charge on any atom is 0.220 e. The number of benzene rings is 1. The molecule has 0 radical (unpaired) electrons. The molecule has 2 rings (SSSR count). The fourth-order valence-electron chi connectivity index (χ4n) is 2.91. The second-order valence-electron chi connectivity index (χ2n) is 5.35. The highest BCUT2D eigenvalue weighted by molar-refractivity contribution is 6.30. The number of piperidine rings is 1. The summed E-state index contributed by atoms with van der Waals surface area (Å²) < 4.78 is 0. The van der Waals surface area contributed by atoms with E-state index in [4.69, 9.17) is 11.6 Å². The molecule has 3 nitrogen and oxygen atoms in total. The van der Waals surface area contributed by atoms with Gasteiger partial charge in [0, 0.05) is 25.0 Å². The minimum absolute atomic E-state index is 0.124. The van der Waals surface area contributed by atoms with Crippen LogP contribution in [0.25, 0.3) is 0 Å². The van der Waals surface area contributed by atoms with E-state index in [0.29, 0.717) is 18.3 Å². The number of halogens is 1. The van der Waals surface area contributed by atoms with Crippen LogP contribution in [0, 0.1) is 5.92 Å². The van der Waals surface area contributed by atoms with Crippen LogP contribution in [0.1, 0.15) is 24.3 Å². The molecular formula is C15H21ClN2O. The van der Waals surface area contributed by atoms with Crippen LogP contribution in [0.3, 0.4) is 0 Å². The second kappa shape index (κ2) is 6.40. The second-order valence-corrected chi connectivity index (χ2v) is 5.78. The van der Waals surface area contributed by atoms with Gasteiger partial charge in [-0.25, -0.2) is 0 Å². The SMILES string of the molecule is CNC(=O)CC1CN(C)CCC1c1ccc(Cl)cc1. The summed E-state index contributed by atoms with van der Waals surface area (Å²) in [5, 5.41) is 3.49. The van der Waals surface area contributed by atoms with E-state index in [1.807, 2.05) is 12.1 Å². The molecule has 2 atom stereocenters. The largest absolute Gasteiger partial charge is 0.359 e. The Morgan fingerprint density at radius 2 is 2.11 bits per heavy atom. The van der Waals surface area contributed by atoms with Gasteiger partial charge >= 0.3 is 0 Å². The van der Waals surface area contributed by atoms with Gasteiger partial charge in [-0.3, -0.25) is 4.79 Å². The summed E-state index contributed by atoms with van der Waals surface area (Å²) in [6, 6.07) is 8.06. The molecule has 19 heavy (non-hydrogen) atoms. The van der Waals surface area contributed by atoms with E-state index in [2.05, 4.69) is 29.4 Å². The zero-order valence-corrected chi connectivity index (χ0v) is 12.3. The predicted octanol–water partition coefficient (Wildman–Crippen LogP) is 2.51. The summed E-state index contributed by atoms with van der Waals surface area (Å²) in [6.07, 6.45) is 1.69. The fourth-order valence-corrected chi connectivity index (χ4v) is 3.04. The molecule has 4 heteroatoms. The molecule has 0 aliphatic carbocycles. The van der Waals surface area contributed by atoms with Crippen molar-refractivity contribution in [3.05, 3.63) is 34.9 Å². The molecule has 0 aromatic heterocycles. The third-order valence-electron chi connectivity index (χ3n) is 3.96. The van der Waals surface area contributed by atoms with Crippen LogP contribution in [0.2, 0.25) is 5.02 Å². The molecule has 1 saturated heterocycles. The van der Waals surface area contributed by atoms with E-state index in [9.17, 15) is 4.79 Å². The van der Waals surface area contributed by atoms with E-state index in [1.165, 1.54) is 5.56 Å². The Balaban J connectivity index is 2.15. The van der Waals surface area contributed by atoms with Crippen molar-refractivity contribution >= 4 is 17.5 Å². The van der Waals surface area contributed by atoms with Crippen LogP contribution in [0.5, 0.6) is 0 Å². The summed E-state index contributed by atoms with van der Waals surface area (Å²) in [6.45, 7) is 2.05. The third-order valence-corrected chi connectivity index (χ3v) is 4.21. The van der Waals surface area contributed by atoms with E-state index < -0.39 is 0 Å². The number of nitrogens with zero attached hydrogens (tertiary/aromatic N) is 1.